The van der Waals surface area contributed by atoms with Gasteiger partial charge in [-0.05, 0) is 49.2 Å². The highest BCUT2D eigenvalue weighted by atomic mass is 16.5. The molecule has 0 unspecified atom stereocenters. The average Bonchev–Trinajstić information content (AvgIpc) is 2.73. The first-order valence-electron chi connectivity index (χ1n) is 9.39. The van der Waals surface area contributed by atoms with E-state index in [0.717, 1.165) is 31.4 Å². The maximum absolute atomic E-state index is 12.3. The third kappa shape index (κ3) is 5.33. The monoisotopic (exact) mass is 367 g/mol. The van der Waals surface area contributed by atoms with Crippen LogP contribution in [0, 0.1) is 0 Å². The van der Waals surface area contributed by atoms with Crippen LogP contribution in [0.1, 0.15) is 42.5 Å². The Bertz CT molecular complexity index is 752. The van der Waals surface area contributed by atoms with Crippen LogP contribution in [-0.4, -0.2) is 36.5 Å². The molecule has 5 nitrogen and oxygen atoms in total. The van der Waals surface area contributed by atoms with Gasteiger partial charge in [-0.3, -0.25) is 4.79 Å². The molecule has 1 aliphatic carbocycles. The molecule has 3 rings (SSSR count). The number of esters is 1. The normalized spacial score (nSPS) is 14.4. The number of hydrogen-bond donors (Lipinski definition) is 0. The van der Waals surface area contributed by atoms with Gasteiger partial charge in [0.1, 0.15) is 11.5 Å². The van der Waals surface area contributed by atoms with E-state index in [1.54, 1.807) is 36.2 Å². The van der Waals surface area contributed by atoms with Gasteiger partial charge in [-0.25, -0.2) is 4.79 Å². The molecule has 0 heterocycles. The molecule has 1 amide bonds. The van der Waals surface area contributed by atoms with Gasteiger partial charge in [0, 0.05) is 13.1 Å². The van der Waals surface area contributed by atoms with Crippen molar-refractivity contribution in [3.05, 3.63) is 60.2 Å². The third-order valence-corrected chi connectivity index (χ3v) is 4.91. The van der Waals surface area contributed by atoms with Crippen molar-refractivity contribution < 1.29 is 19.1 Å². The number of amides is 1. The number of likely N-dealkylation sites (N-methyl/N-ethyl adjacent to an activating group) is 1. The molecule has 0 saturated heterocycles. The number of nitrogens with zero attached hydrogens (tertiary/aromatic N) is 1. The highest BCUT2D eigenvalue weighted by Crippen LogP contribution is 2.22. The number of ether oxygens (including phenoxy) is 2. The molecule has 5 heteroatoms. The van der Waals surface area contributed by atoms with Gasteiger partial charge < -0.3 is 14.4 Å². The minimum Gasteiger partial charge on any atom is -0.457 e. The Morgan fingerprint density at radius 3 is 2.22 bits per heavy atom. The molecular formula is C22H25NO4. The molecule has 27 heavy (non-hydrogen) atoms. The summed E-state index contributed by atoms with van der Waals surface area (Å²) in [6.07, 6.45) is 5.59. The van der Waals surface area contributed by atoms with Crippen molar-refractivity contribution in [1.29, 1.82) is 0 Å². The van der Waals surface area contributed by atoms with Crippen molar-refractivity contribution in [3.8, 4) is 11.5 Å². The molecule has 1 fully saturated rings. The Kier molecular flexibility index (Phi) is 6.47. The van der Waals surface area contributed by atoms with Crippen LogP contribution in [0.3, 0.4) is 0 Å². The first-order chi connectivity index (χ1) is 13.1. The van der Waals surface area contributed by atoms with Crippen LogP contribution >= 0.6 is 0 Å². The van der Waals surface area contributed by atoms with Gasteiger partial charge in [-0.1, -0.05) is 37.5 Å². The Morgan fingerprint density at radius 1 is 0.926 bits per heavy atom. The van der Waals surface area contributed by atoms with E-state index in [0.29, 0.717) is 11.3 Å². The zero-order valence-electron chi connectivity index (χ0n) is 15.6. The smallest absolute Gasteiger partial charge is 0.338 e. The number of para-hydroxylation sites is 1. The largest absolute Gasteiger partial charge is 0.457 e. The fourth-order valence-corrected chi connectivity index (χ4v) is 3.27. The molecule has 1 saturated carbocycles. The van der Waals surface area contributed by atoms with Crippen LogP contribution in [0.4, 0.5) is 0 Å². The highest BCUT2D eigenvalue weighted by Gasteiger charge is 2.23. The predicted molar refractivity (Wildman–Crippen MR) is 103 cm³/mol. The van der Waals surface area contributed by atoms with E-state index < -0.39 is 5.97 Å². The van der Waals surface area contributed by atoms with Gasteiger partial charge in [-0.2, -0.15) is 0 Å². The Labute approximate surface area is 159 Å². The zero-order chi connectivity index (χ0) is 19.1. The number of benzene rings is 2. The lowest BCUT2D eigenvalue weighted by atomic mass is 9.94. The topological polar surface area (TPSA) is 55.8 Å². The van der Waals surface area contributed by atoms with E-state index in [1.165, 1.54) is 6.42 Å². The molecular weight excluding hydrogens is 342 g/mol. The molecule has 0 bridgehead atoms. The van der Waals surface area contributed by atoms with E-state index >= 15 is 0 Å². The van der Waals surface area contributed by atoms with Crippen molar-refractivity contribution in [1.82, 2.24) is 4.90 Å². The second-order valence-electron chi connectivity index (χ2n) is 6.81. The Hall–Kier alpha value is -2.82. The van der Waals surface area contributed by atoms with Gasteiger partial charge >= 0.3 is 5.97 Å². The summed E-state index contributed by atoms with van der Waals surface area (Å²) in [5.74, 6) is 0.695. The lowest BCUT2D eigenvalue weighted by Crippen LogP contribution is -2.40. The lowest BCUT2D eigenvalue weighted by Gasteiger charge is -2.31. The molecule has 0 N–H and O–H groups in total. The number of hydrogen-bond acceptors (Lipinski definition) is 4. The van der Waals surface area contributed by atoms with Crippen molar-refractivity contribution in [2.75, 3.05) is 13.7 Å². The predicted octanol–water partition coefficient (Wildman–Crippen LogP) is 4.43. The van der Waals surface area contributed by atoms with Crippen LogP contribution in [-0.2, 0) is 9.53 Å². The summed E-state index contributed by atoms with van der Waals surface area (Å²) in [5, 5.41) is 0. The SMILES string of the molecule is CN(C(=O)COC(=O)c1ccc(Oc2ccccc2)cc1)C1CCCCC1. The highest BCUT2D eigenvalue weighted by molar-refractivity contribution is 5.91. The van der Waals surface area contributed by atoms with Crippen molar-refractivity contribution in [2.24, 2.45) is 0 Å². The van der Waals surface area contributed by atoms with E-state index in [1.807, 2.05) is 30.3 Å². The minimum atomic E-state index is -0.508. The summed E-state index contributed by atoms with van der Waals surface area (Å²) in [7, 11) is 1.79. The Morgan fingerprint density at radius 2 is 1.56 bits per heavy atom. The quantitative estimate of drug-likeness (QED) is 0.709. The number of rotatable bonds is 6. The first-order valence-corrected chi connectivity index (χ1v) is 9.39. The zero-order valence-corrected chi connectivity index (χ0v) is 15.6. The standard InChI is InChI=1S/C22H25NO4/c1-23(18-8-4-2-5-9-18)21(24)16-26-22(25)17-12-14-20(15-13-17)27-19-10-6-3-7-11-19/h3,6-7,10-15,18H,2,4-5,8-9,16H2,1H3. The van der Waals surface area contributed by atoms with Crippen LogP contribution in [0.15, 0.2) is 54.6 Å². The van der Waals surface area contributed by atoms with Crippen molar-refractivity contribution >= 4 is 11.9 Å². The molecule has 0 atom stereocenters. The Balaban J connectivity index is 1.49. The minimum absolute atomic E-state index is 0.153. The summed E-state index contributed by atoms with van der Waals surface area (Å²) in [6.45, 7) is -0.228. The number of carbonyl (C=O) groups excluding carboxylic acids is 2. The second kappa shape index (κ2) is 9.21. The summed E-state index contributed by atoms with van der Waals surface area (Å²) in [6, 6.07) is 16.4. The van der Waals surface area contributed by atoms with E-state index in [4.69, 9.17) is 9.47 Å². The molecule has 0 aromatic heterocycles. The summed E-state index contributed by atoms with van der Waals surface area (Å²) < 4.78 is 10.9. The van der Waals surface area contributed by atoms with Crippen LogP contribution in [0.2, 0.25) is 0 Å². The molecule has 0 spiro atoms. The van der Waals surface area contributed by atoms with Crippen molar-refractivity contribution in [3.63, 3.8) is 0 Å². The van der Waals surface area contributed by atoms with E-state index in [2.05, 4.69) is 0 Å². The van der Waals surface area contributed by atoms with Gasteiger partial charge in [0.05, 0.1) is 5.56 Å². The maximum Gasteiger partial charge on any atom is 0.338 e. The van der Waals surface area contributed by atoms with E-state index in [-0.39, 0.29) is 18.6 Å². The van der Waals surface area contributed by atoms with Gasteiger partial charge in [0.2, 0.25) is 0 Å². The molecule has 2 aromatic carbocycles. The first kappa shape index (κ1) is 19.0. The summed E-state index contributed by atoms with van der Waals surface area (Å²) in [5.41, 5.74) is 0.392. The molecule has 0 radical (unpaired) electrons. The van der Waals surface area contributed by atoms with Crippen LogP contribution < -0.4 is 4.74 Å². The molecule has 142 valence electrons. The second-order valence-corrected chi connectivity index (χ2v) is 6.81. The van der Waals surface area contributed by atoms with Gasteiger partial charge in [-0.15, -0.1) is 0 Å². The fraction of sp³-hybridized carbons (Fsp3) is 0.364. The van der Waals surface area contributed by atoms with Crippen LogP contribution in [0.25, 0.3) is 0 Å². The summed E-state index contributed by atoms with van der Waals surface area (Å²) >= 11 is 0. The molecule has 2 aromatic rings. The summed E-state index contributed by atoms with van der Waals surface area (Å²) in [4.78, 5) is 26.2. The third-order valence-electron chi connectivity index (χ3n) is 4.91. The molecule has 0 aliphatic heterocycles. The fourth-order valence-electron chi connectivity index (χ4n) is 3.27. The van der Waals surface area contributed by atoms with Gasteiger partial charge in [0.15, 0.2) is 6.61 Å². The lowest BCUT2D eigenvalue weighted by molar-refractivity contribution is -0.135. The van der Waals surface area contributed by atoms with Crippen LogP contribution in [0.5, 0.6) is 11.5 Å². The molecule has 1 aliphatic rings. The van der Waals surface area contributed by atoms with Crippen molar-refractivity contribution in [2.45, 2.75) is 38.1 Å². The van der Waals surface area contributed by atoms with E-state index in [9.17, 15) is 9.59 Å². The number of carbonyl (C=O) groups is 2. The maximum atomic E-state index is 12.3. The average molecular weight is 367 g/mol. The van der Waals surface area contributed by atoms with Gasteiger partial charge in [0.25, 0.3) is 5.91 Å².